The number of rotatable bonds is 4. The molecule has 0 aromatic rings. The first-order chi connectivity index (χ1) is 7.12. The fourth-order valence-corrected chi connectivity index (χ4v) is 3.08. The van der Waals surface area contributed by atoms with E-state index in [1.165, 1.54) is 51.4 Å². The highest BCUT2D eigenvalue weighted by Gasteiger charge is 2.33. The summed E-state index contributed by atoms with van der Waals surface area (Å²) in [4.78, 5) is 0. The Balaban J connectivity index is 2.53. The second kappa shape index (κ2) is 5.89. The molecule has 2 N–H and O–H groups in total. The van der Waals surface area contributed by atoms with Gasteiger partial charge in [-0.3, -0.25) is 0 Å². The SMILES string of the molecule is CCCC(C)C1(N)CCCC(CC)CC1. The Bertz CT molecular complexity index is 178. The molecule has 0 radical (unpaired) electrons. The molecule has 1 heteroatoms. The number of nitrogens with two attached hydrogens (primary N) is 1. The zero-order chi connectivity index (χ0) is 11.3. The lowest BCUT2D eigenvalue weighted by molar-refractivity contribution is 0.238. The molecular formula is C14H29N. The maximum absolute atomic E-state index is 6.61. The largest absolute Gasteiger partial charge is 0.325 e. The van der Waals surface area contributed by atoms with E-state index < -0.39 is 0 Å². The summed E-state index contributed by atoms with van der Waals surface area (Å²) in [7, 11) is 0. The quantitative estimate of drug-likeness (QED) is 0.696. The molecule has 0 heterocycles. The molecule has 1 aliphatic carbocycles. The van der Waals surface area contributed by atoms with Crippen LogP contribution in [0.5, 0.6) is 0 Å². The van der Waals surface area contributed by atoms with Gasteiger partial charge in [-0.1, -0.05) is 46.5 Å². The Morgan fingerprint density at radius 3 is 2.60 bits per heavy atom. The third-order valence-electron chi connectivity index (χ3n) is 4.55. The maximum Gasteiger partial charge on any atom is 0.0180 e. The molecule has 90 valence electrons. The van der Waals surface area contributed by atoms with E-state index in [-0.39, 0.29) is 5.54 Å². The third kappa shape index (κ3) is 3.48. The average molecular weight is 211 g/mol. The van der Waals surface area contributed by atoms with Crippen molar-refractivity contribution in [2.45, 2.75) is 77.7 Å². The van der Waals surface area contributed by atoms with E-state index >= 15 is 0 Å². The summed E-state index contributed by atoms with van der Waals surface area (Å²) in [5, 5.41) is 0. The highest BCUT2D eigenvalue weighted by molar-refractivity contribution is 4.91. The molecule has 0 saturated heterocycles. The van der Waals surface area contributed by atoms with Gasteiger partial charge in [-0.2, -0.15) is 0 Å². The smallest absolute Gasteiger partial charge is 0.0180 e. The maximum atomic E-state index is 6.61. The molecular weight excluding hydrogens is 182 g/mol. The zero-order valence-corrected chi connectivity index (χ0v) is 10.9. The van der Waals surface area contributed by atoms with Gasteiger partial charge in [-0.25, -0.2) is 0 Å². The Morgan fingerprint density at radius 2 is 2.00 bits per heavy atom. The van der Waals surface area contributed by atoms with Crippen LogP contribution in [0.1, 0.15) is 72.1 Å². The van der Waals surface area contributed by atoms with Gasteiger partial charge in [0, 0.05) is 5.54 Å². The highest BCUT2D eigenvalue weighted by atomic mass is 14.8. The van der Waals surface area contributed by atoms with Gasteiger partial charge in [0.25, 0.3) is 0 Å². The normalized spacial score (nSPS) is 34.8. The molecule has 0 aliphatic heterocycles. The van der Waals surface area contributed by atoms with Crippen molar-refractivity contribution in [3.63, 3.8) is 0 Å². The van der Waals surface area contributed by atoms with Crippen LogP contribution in [0.2, 0.25) is 0 Å². The fourth-order valence-electron chi connectivity index (χ4n) is 3.08. The molecule has 1 rings (SSSR count). The summed E-state index contributed by atoms with van der Waals surface area (Å²) in [6.07, 6.45) is 10.6. The zero-order valence-electron chi connectivity index (χ0n) is 10.9. The molecule has 0 bridgehead atoms. The third-order valence-corrected chi connectivity index (χ3v) is 4.55. The van der Waals surface area contributed by atoms with Crippen LogP contribution in [-0.2, 0) is 0 Å². The Morgan fingerprint density at radius 1 is 1.27 bits per heavy atom. The predicted molar refractivity (Wildman–Crippen MR) is 67.9 cm³/mol. The topological polar surface area (TPSA) is 26.0 Å². The van der Waals surface area contributed by atoms with E-state index in [2.05, 4.69) is 20.8 Å². The summed E-state index contributed by atoms with van der Waals surface area (Å²) < 4.78 is 0. The van der Waals surface area contributed by atoms with Crippen molar-refractivity contribution >= 4 is 0 Å². The number of hydrogen-bond donors (Lipinski definition) is 1. The van der Waals surface area contributed by atoms with Crippen LogP contribution in [0.15, 0.2) is 0 Å². The highest BCUT2D eigenvalue weighted by Crippen LogP contribution is 2.36. The molecule has 0 spiro atoms. The van der Waals surface area contributed by atoms with Crippen molar-refractivity contribution in [1.29, 1.82) is 0 Å². The minimum Gasteiger partial charge on any atom is -0.325 e. The van der Waals surface area contributed by atoms with Crippen LogP contribution < -0.4 is 5.73 Å². The van der Waals surface area contributed by atoms with Gasteiger partial charge in [-0.15, -0.1) is 0 Å². The van der Waals surface area contributed by atoms with Gasteiger partial charge in [-0.05, 0) is 37.5 Å². The van der Waals surface area contributed by atoms with Gasteiger partial charge in [0.15, 0.2) is 0 Å². The first-order valence-electron chi connectivity index (χ1n) is 6.91. The predicted octanol–water partition coefficient (Wildman–Crippen LogP) is 4.11. The first-order valence-corrected chi connectivity index (χ1v) is 6.91. The second-order valence-electron chi connectivity index (χ2n) is 5.63. The lowest BCUT2D eigenvalue weighted by Gasteiger charge is -2.35. The molecule has 3 atom stereocenters. The summed E-state index contributed by atoms with van der Waals surface area (Å²) in [6, 6.07) is 0. The molecule has 1 aliphatic rings. The van der Waals surface area contributed by atoms with Gasteiger partial charge in [0.05, 0.1) is 0 Å². The summed E-state index contributed by atoms with van der Waals surface area (Å²) in [5.41, 5.74) is 6.76. The van der Waals surface area contributed by atoms with Crippen LogP contribution in [0.25, 0.3) is 0 Å². The molecule has 1 fully saturated rings. The lowest BCUT2D eigenvalue weighted by atomic mass is 9.77. The summed E-state index contributed by atoms with van der Waals surface area (Å²) in [6.45, 7) is 6.95. The first kappa shape index (κ1) is 13.0. The van der Waals surface area contributed by atoms with Crippen LogP contribution in [0.4, 0.5) is 0 Å². The Kier molecular flexibility index (Phi) is 5.11. The van der Waals surface area contributed by atoms with Gasteiger partial charge in [0.2, 0.25) is 0 Å². The fraction of sp³-hybridized carbons (Fsp3) is 1.00. The molecule has 0 aromatic carbocycles. The summed E-state index contributed by atoms with van der Waals surface area (Å²) in [5.74, 6) is 1.65. The molecule has 3 unspecified atom stereocenters. The van der Waals surface area contributed by atoms with Gasteiger partial charge < -0.3 is 5.73 Å². The van der Waals surface area contributed by atoms with Crippen LogP contribution in [0, 0.1) is 11.8 Å². The van der Waals surface area contributed by atoms with E-state index in [4.69, 9.17) is 5.73 Å². The van der Waals surface area contributed by atoms with E-state index in [1.807, 2.05) is 0 Å². The minimum atomic E-state index is 0.153. The standard InChI is InChI=1S/C14H29N/c1-4-7-12(3)14(15)10-6-8-13(5-2)9-11-14/h12-13H,4-11,15H2,1-3H3. The second-order valence-corrected chi connectivity index (χ2v) is 5.63. The van der Waals surface area contributed by atoms with Crippen LogP contribution in [0.3, 0.4) is 0 Å². The average Bonchev–Trinajstić information content (AvgIpc) is 2.41. The van der Waals surface area contributed by atoms with Crippen molar-refractivity contribution in [3.05, 3.63) is 0 Å². The van der Waals surface area contributed by atoms with E-state index in [0.717, 1.165) is 5.92 Å². The van der Waals surface area contributed by atoms with Crippen LogP contribution in [-0.4, -0.2) is 5.54 Å². The monoisotopic (exact) mass is 211 g/mol. The Hall–Kier alpha value is -0.0400. The molecule has 1 saturated carbocycles. The van der Waals surface area contributed by atoms with E-state index in [0.29, 0.717) is 5.92 Å². The van der Waals surface area contributed by atoms with Crippen molar-refractivity contribution in [3.8, 4) is 0 Å². The lowest BCUT2D eigenvalue weighted by Crippen LogP contribution is -2.45. The molecule has 15 heavy (non-hydrogen) atoms. The van der Waals surface area contributed by atoms with E-state index in [1.54, 1.807) is 0 Å². The van der Waals surface area contributed by atoms with Crippen molar-refractivity contribution in [2.75, 3.05) is 0 Å². The molecule has 0 amide bonds. The molecule has 1 nitrogen and oxygen atoms in total. The van der Waals surface area contributed by atoms with Gasteiger partial charge in [0.1, 0.15) is 0 Å². The Labute approximate surface area is 95.8 Å². The van der Waals surface area contributed by atoms with Crippen molar-refractivity contribution in [2.24, 2.45) is 17.6 Å². The summed E-state index contributed by atoms with van der Waals surface area (Å²) >= 11 is 0. The number of hydrogen-bond acceptors (Lipinski definition) is 1. The van der Waals surface area contributed by atoms with Gasteiger partial charge >= 0.3 is 0 Å². The minimum absolute atomic E-state index is 0.153. The van der Waals surface area contributed by atoms with Crippen molar-refractivity contribution in [1.82, 2.24) is 0 Å². The van der Waals surface area contributed by atoms with E-state index in [9.17, 15) is 0 Å². The van der Waals surface area contributed by atoms with Crippen LogP contribution >= 0.6 is 0 Å². The van der Waals surface area contributed by atoms with Crippen molar-refractivity contribution < 1.29 is 0 Å². The molecule has 0 aromatic heterocycles.